The lowest BCUT2D eigenvalue weighted by Gasteiger charge is -2.42. The number of amides is 4. The summed E-state index contributed by atoms with van der Waals surface area (Å²) in [5.41, 5.74) is 1.10. The number of halogens is 4. The van der Waals surface area contributed by atoms with Crippen molar-refractivity contribution in [2.24, 2.45) is 17.3 Å². The topological polar surface area (TPSA) is 171 Å². The number of benzene rings is 2. The van der Waals surface area contributed by atoms with Crippen LogP contribution in [0, 0.1) is 17.3 Å². The molecular formula is C48H58ClF3N8O7. The first-order valence-electron chi connectivity index (χ1n) is 22.5. The van der Waals surface area contributed by atoms with Crippen LogP contribution in [0.5, 0.6) is 5.75 Å². The van der Waals surface area contributed by atoms with Crippen molar-refractivity contribution in [2.75, 3.05) is 43.5 Å². The predicted molar refractivity (Wildman–Crippen MR) is 246 cm³/mol. The third-order valence-electron chi connectivity index (χ3n) is 12.5. The van der Waals surface area contributed by atoms with E-state index in [2.05, 4.69) is 30.2 Å². The number of alkyl carbamates (subject to hydrolysis) is 1. The van der Waals surface area contributed by atoms with Gasteiger partial charge in [-0.3, -0.25) is 14.4 Å². The van der Waals surface area contributed by atoms with Gasteiger partial charge in [0.1, 0.15) is 23.4 Å². The van der Waals surface area contributed by atoms with Gasteiger partial charge in [-0.1, -0.05) is 63.6 Å². The van der Waals surface area contributed by atoms with Crippen LogP contribution >= 0.6 is 11.6 Å². The molecule has 19 heteroatoms. The Balaban J connectivity index is 1.06. The van der Waals surface area contributed by atoms with Gasteiger partial charge in [-0.25, -0.2) is 14.8 Å². The molecule has 4 aromatic rings. The largest absolute Gasteiger partial charge is 0.573 e. The first-order valence-corrected chi connectivity index (χ1v) is 22.9. The molecule has 7 rings (SSSR count). The van der Waals surface area contributed by atoms with Crippen LogP contribution in [0.2, 0.25) is 5.02 Å². The fraction of sp³-hybridized carbons (Fsp3) is 0.500. The molecule has 3 fully saturated rings. The van der Waals surface area contributed by atoms with E-state index in [4.69, 9.17) is 26.1 Å². The minimum atomic E-state index is -5.07. The Labute approximate surface area is 393 Å². The quantitative estimate of drug-likeness (QED) is 0.140. The van der Waals surface area contributed by atoms with Crippen molar-refractivity contribution in [3.05, 3.63) is 77.3 Å². The first kappa shape index (κ1) is 49.0. The summed E-state index contributed by atoms with van der Waals surface area (Å²) in [4.78, 5) is 71.3. The van der Waals surface area contributed by atoms with E-state index in [-0.39, 0.29) is 63.7 Å². The zero-order chi connectivity index (χ0) is 48.5. The lowest BCUT2D eigenvalue weighted by molar-refractivity contribution is -0.274. The molecule has 5 heterocycles. The van der Waals surface area contributed by atoms with Gasteiger partial charge in [-0.15, -0.1) is 13.2 Å². The molecule has 67 heavy (non-hydrogen) atoms. The number of methoxy groups -OCH3 is 1. The number of piperazine rings is 1. The molecule has 0 spiro atoms. The second-order valence-electron chi connectivity index (χ2n) is 19.0. The molecule has 6 atom stereocenters. The second-order valence-corrected chi connectivity index (χ2v) is 19.4. The molecule has 3 saturated heterocycles. The summed E-state index contributed by atoms with van der Waals surface area (Å²) >= 11 is 6.63. The van der Waals surface area contributed by atoms with Crippen LogP contribution in [0.4, 0.5) is 29.5 Å². The molecule has 15 nitrogen and oxygen atoms in total. The van der Waals surface area contributed by atoms with E-state index in [1.54, 1.807) is 47.5 Å². The van der Waals surface area contributed by atoms with Crippen molar-refractivity contribution in [1.29, 1.82) is 0 Å². The van der Waals surface area contributed by atoms with Gasteiger partial charge in [-0.2, -0.15) is 0 Å². The van der Waals surface area contributed by atoms with Gasteiger partial charge >= 0.3 is 12.5 Å². The minimum Gasteiger partial charge on any atom is -0.453 e. The molecule has 3 aliphatic rings. The van der Waals surface area contributed by atoms with Crippen LogP contribution in [-0.4, -0.2) is 113 Å². The number of ether oxygens (including phenoxy) is 3. The molecule has 3 aliphatic heterocycles. The number of nitrogens with zero attached hydrogens (tertiary/aromatic N) is 5. The highest BCUT2D eigenvalue weighted by Crippen LogP contribution is 2.42. The smallest absolute Gasteiger partial charge is 0.453 e. The number of carbonyl (C=O) groups is 4. The Morgan fingerprint density at radius 3 is 2.22 bits per heavy atom. The SMILES string of the molecule is COC(=O)N[C@H](C(=O)N1C[C@@H](C)C[C@H]1c1nc(-c2ccc(-c3cc(Cl)c(NC(=O)c4ccc(N5CCN(C(=O)C(C)(C)C)C[C@H]5C)nc4)cc3OC(F)(F)F)cc2)c[nH]1)C1C[C@H](C)O[C@@H](C)C1. The van der Waals surface area contributed by atoms with Gasteiger partial charge in [0.25, 0.3) is 5.91 Å². The molecule has 0 radical (unpaired) electrons. The van der Waals surface area contributed by atoms with E-state index in [1.807, 2.05) is 53.4 Å². The Kier molecular flexibility index (Phi) is 14.5. The van der Waals surface area contributed by atoms with Gasteiger partial charge in [0.2, 0.25) is 11.8 Å². The standard InChI is InChI=1S/C48H58ClF3N8O7/c1-26-17-38(60(24-26)44(62)41(57-46(64)65-8)33-18-28(3)66-29(4)19-33)42-54-23-37(55-42)31-11-9-30(10-12-31)34-20-35(49)36(21-39(34)67-48(50,51)52)56-43(61)32-13-14-40(53-22-32)59-16-15-58(25-27(59)2)45(63)47(5,6)7/h9-14,20-23,26-29,33,38,41H,15-19,24-25H2,1-8H3,(H,54,55)(H,56,61)(H,57,64)/t26-,27+,28-,29-,38-,41-/m0/s1. The zero-order valence-corrected chi connectivity index (χ0v) is 39.6. The summed E-state index contributed by atoms with van der Waals surface area (Å²) in [6.45, 7) is 15.7. The Morgan fingerprint density at radius 2 is 1.61 bits per heavy atom. The number of aromatic nitrogens is 3. The predicted octanol–water partition coefficient (Wildman–Crippen LogP) is 8.86. The fourth-order valence-electron chi connectivity index (χ4n) is 9.42. The van der Waals surface area contributed by atoms with Crippen LogP contribution in [0.15, 0.2) is 60.9 Å². The number of pyridine rings is 1. The number of anilines is 2. The number of likely N-dealkylation sites (tertiary alicyclic amines) is 1. The monoisotopic (exact) mass is 950 g/mol. The van der Waals surface area contributed by atoms with Crippen LogP contribution in [0.1, 0.15) is 90.0 Å². The molecule has 2 aromatic heterocycles. The Morgan fingerprint density at radius 1 is 0.925 bits per heavy atom. The van der Waals surface area contributed by atoms with Gasteiger partial charge in [0.15, 0.2) is 0 Å². The maximum absolute atomic E-state index is 14.3. The Bertz CT molecular complexity index is 2430. The van der Waals surface area contributed by atoms with Crippen molar-refractivity contribution in [3.8, 4) is 28.1 Å². The van der Waals surface area contributed by atoms with Gasteiger partial charge in [0, 0.05) is 67.2 Å². The van der Waals surface area contributed by atoms with Crippen molar-refractivity contribution in [2.45, 2.75) is 104 Å². The van der Waals surface area contributed by atoms with E-state index in [0.29, 0.717) is 73.9 Å². The number of aromatic amines is 1. The third kappa shape index (κ3) is 11.5. The van der Waals surface area contributed by atoms with Gasteiger partial charge < -0.3 is 44.5 Å². The number of nitrogens with one attached hydrogen (secondary N) is 3. The molecule has 3 N–H and O–H groups in total. The fourth-order valence-corrected chi connectivity index (χ4v) is 9.64. The van der Waals surface area contributed by atoms with Crippen LogP contribution in [-0.2, 0) is 19.1 Å². The molecular weight excluding hydrogens is 893 g/mol. The number of alkyl halides is 3. The summed E-state index contributed by atoms with van der Waals surface area (Å²) in [7, 11) is 1.26. The summed E-state index contributed by atoms with van der Waals surface area (Å²) < 4.78 is 56.8. The highest BCUT2D eigenvalue weighted by molar-refractivity contribution is 6.34. The molecule has 2 aromatic carbocycles. The molecule has 0 saturated carbocycles. The number of H-pyrrole nitrogens is 1. The summed E-state index contributed by atoms with van der Waals surface area (Å²) in [5, 5.41) is 5.36. The summed E-state index contributed by atoms with van der Waals surface area (Å²) in [5.74, 6) is -0.245. The zero-order valence-electron chi connectivity index (χ0n) is 38.9. The maximum Gasteiger partial charge on any atom is 0.573 e. The van der Waals surface area contributed by atoms with E-state index in [9.17, 15) is 32.3 Å². The number of hydrogen-bond acceptors (Lipinski definition) is 10. The van der Waals surface area contributed by atoms with E-state index in [1.165, 1.54) is 19.4 Å². The van der Waals surface area contributed by atoms with Crippen LogP contribution in [0.25, 0.3) is 22.4 Å². The number of imidazole rings is 1. The van der Waals surface area contributed by atoms with Crippen LogP contribution < -0.4 is 20.3 Å². The number of rotatable bonds is 10. The van der Waals surface area contributed by atoms with E-state index in [0.717, 1.165) is 6.07 Å². The average Bonchev–Trinajstić information content (AvgIpc) is 3.92. The molecule has 0 unspecified atom stereocenters. The normalized spacial score (nSPS) is 22.8. The lowest BCUT2D eigenvalue weighted by atomic mass is 9.85. The summed E-state index contributed by atoms with van der Waals surface area (Å²) in [6, 6.07) is 10.9. The molecule has 0 bridgehead atoms. The number of hydrogen-bond donors (Lipinski definition) is 3. The number of carbonyl (C=O) groups excluding carboxylic acids is 4. The average molecular weight is 951 g/mol. The van der Waals surface area contributed by atoms with E-state index >= 15 is 0 Å². The second kappa shape index (κ2) is 19.8. The summed E-state index contributed by atoms with van der Waals surface area (Å²) in [6.07, 6.45) is -1.04. The molecule has 4 amide bonds. The van der Waals surface area contributed by atoms with Crippen LogP contribution in [0.3, 0.4) is 0 Å². The maximum atomic E-state index is 14.3. The first-order chi connectivity index (χ1) is 31.6. The van der Waals surface area contributed by atoms with Crippen molar-refractivity contribution >= 4 is 46.9 Å². The van der Waals surface area contributed by atoms with Gasteiger partial charge in [0.05, 0.1) is 47.3 Å². The van der Waals surface area contributed by atoms with Crippen molar-refractivity contribution < 1.29 is 46.6 Å². The van der Waals surface area contributed by atoms with Crippen molar-refractivity contribution in [1.82, 2.24) is 30.1 Å². The molecule has 0 aliphatic carbocycles. The third-order valence-corrected chi connectivity index (χ3v) is 12.8. The Hall–Kier alpha value is -5.88. The highest BCUT2D eigenvalue weighted by Gasteiger charge is 2.44. The molecule has 360 valence electrons. The van der Waals surface area contributed by atoms with E-state index < -0.39 is 41.6 Å². The van der Waals surface area contributed by atoms with Gasteiger partial charge in [-0.05, 0) is 75.6 Å². The lowest BCUT2D eigenvalue weighted by Crippen LogP contribution is -2.56. The minimum absolute atomic E-state index is 0.0246. The highest BCUT2D eigenvalue weighted by atomic mass is 35.5. The van der Waals surface area contributed by atoms with Crippen molar-refractivity contribution in [3.63, 3.8) is 0 Å².